The van der Waals surface area contributed by atoms with Crippen molar-refractivity contribution in [1.29, 1.82) is 0 Å². The smallest absolute Gasteiger partial charge is 0.339 e. The quantitative estimate of drug-likeness (QED) is 0.417. The van der Waals surface area contributed by atoms with Crippen LogP contribution in [0.25, 0.3) is 0 Å². The molecule has 142 valence electrons. The van der Waals surface area contributed by atoms with Crippen LogP contribution in [0, 0.1) is 11.2 Å². The van der Waals surface area contributed by atoms with Crippen molar-refractivity contribution in [1.82, 2.24) is 5.43 Å². The zero-order valence-electron chi connectivity index (χ0n) is 14.9. The Morgan fingerprint density at radius 2 is 2.12 bits per heavy atom. The van der Waals surface area contributed by atoms with Gasteiger partial charge in [0.05, 0.1) is 13.2 Å². The van der Waals surface area contributed by atoms with Crippen molar-refractivity contribution < 1.29 is 23.8 Å². The molecule has 0 spiro atoms. The van der Waals surface area contributed by atoms with Crippen LogP contribution in [-0.4, -0.2) is 37.6 Å². The molecule has 0 atom stereocenters. The van der Waals surface area contributed by atoms with E-state index in [1.54, 1.807) is 0 Å². The monoisotopic (exact) mass is 366 g/mol. The number of rotatable bonds is 8. The summed E-state index contributed by atoms with van der Waals surface area (Å²) in [5, 5.41) is 19.6. The van der Waals surface area contributed by atoms with E-state index < -0.39 is 11.8 Å². The lowest BCUT2D eigenvalue weighted by Gasteiger charge is -2.37. The van der Waals surface area contributed by atoms with Crippen LogP contribution in [0.5, 0.6) is 11.5 Å². The van der Waals surface area contributed by atoms with Crippen LogP contribution in [0.3, 0.4) is 0 Å². The summed E-state index contributed by atoms with van der Waals surface area (Å²) < 4.78 is 24.8. The van der Waals surface area contributed by atoms with Gasteiger partial charge in [-0.2, -0.15) is 0 Å². The molecule has 0 saturated heterocycles. The molecule has 8 nitrogen and oxygen atoms in total. The Balaban J connectivity index is 1.99. The molecular weight excluding hydrogens is 343 g/mol. The van der Waals surface area contributed by atoms with Crippen LogP contribution >= 0.6 is 0 Å². The number of methoxy groups -OCH3 is 1. The predicted molar refractivity (Wildman–Crippen MR) is 93.3 cm³/mol. The van der Waals surface area contributed by atoms with Gasteiger partial charge in [0.1, 0.15) is 11.3 Å². The fourth-order valence-corrected chi connectivity index (χ4v) is 3.01. The van der Waals surface area contributed by atoms with Gasteiger partial charge in [-0.1, -0.05) is 12.1 Å². The predicted octanol–water partition coefficient (Wildman–Crippen LogP) is 3.43. The topological polar surface area (TPSA) is 105 Å². The SMILES string of the molecule is C=N/N=N\NC[C@]1(C)CC[C@H](Oc2cc(C(=O)O)c(OC)cc2F)CC1. The summed E-state index contributed by atoms with van der Waals surface area (Å²) in [5.74, 6) is -1.94. The first kappa shape index (κ1) is 19.6. The lowest BCUT2D eigenvalue weighted by Crippen LogP contribution is -2.36. The standard InChI is InChI=1S/C17H23FN4O4/c1-17(10-20-22-21-19-2)6-4-11(5-7-17)26-15-8-12(16(23)24)14(25-3)9-13(15)18/h8-9,11H,2,4-7,10H2,1,3H3,(H,20,21)(H,23,24)/t11-,17+. The van der Waals surface area contributed by atoms with Gasteiger partial charge in [-0.15, -0.1) is 5.10 Å². The number of nitrogens with one attached hydrogen (secondary N) is 1. The molecule has 2 rings (SSSR count). The lowest BCUT2D eigenvalue weighted by molar-refractivity contribution is 0.0688. The average molecular weight is 366 g/mol. The highest BCUT2D eigenvalue weighted by Gasteiger charge is 2.32. The van der Waals surface area contributed by atoms with Crippen molar-refractivity contribution >= 4 is 12.7 Å². The average Bonchev–Trinajstić information content (AvgIpc) is 2.62. The Hall–Kier alpha value is -2.71. The molecule has 0 unspecified atom stereocenters. The van der Waals surface area contributed by atoms with E-state index in [0.717, 1.165) is 31.7 Å². The molecule has 0 radical (unpaired) electrons. The Morgan fingerprint density at radius 1 is 1.42 bits per heavy atom. The minimum absolute atomic E-state index is 0.0186. The zero-order valence-corrected chi connectivity index (χ0v) is 14.9. The number of benzene rings is 1. The molecule has 1 aromatic rings. The summed E-state index contributed by atoms with van der Waals surface area (Å²) in [4.78, 5) is 11.3. The number of carboxylic acid groups (broad SMARTS) is 1. The van der Waals surface area contributed by atoms with Gasteiger partial charge in [0, 0.05) is 25.4 Å². The van der Waals surface area contributed by atoms with Crippen molar-refractivity contribution in [3.05, 3.63) is 23.5 Å². The molecule has 26 heavy (non-hydrogen) atoms. The third kappa shape index (κ3) is 4.90. The summed E-state index contributed by atoms with van der Waals surface area (Å²) in [7, 11) is 1.29. The van der Waals surface area contributed by atoms with E-state index >= 15 is 0 Å². The number of halogens is 1. The van der Waals surface area contributed by atoms with Crippen molar-refractivity contribution in [3.8, 4) is 11.5 Å². The Bertz CT molecular complexity index is 688. The normalized spacial score (nSPS) is 22.8. The second kappa shape index (κ2) is 8.59. The lowest BCUT2D eigenvalue weighted by atomic mass is 9.75. The molecule has 0 aromatic heterocycles. The molecule has 1 aliphatic rings. The maximum Gasteiger partial charge on any atom is 0.339 e. The maximum absolute atomic E-state index is 14.2. The van der Waals surface area contributed by atoms with E-state index in [1.807, 2.05) is 0 Å². The summed E-state index contributed by atoms with van der Waals surface area (Å²) in [6.07, 6.45) is 2.98. The Morgan fingerprint density at radius 3 is 2.69 bits per heavy atom. The first-order valence-electron chi connectivity index (χ1n) is 8.24. The zero-order chi connectivity index (χ0) is 19.2. The molecule has 2 N–H and O–H groups in total. The van der Waals surface area contributed by atoms with E-state index in [4.69, 9.17) is 9.47 Å². The van der Waals surface area contributed by atoms with Gasteiger partial charge >= 0.3 is 5.97 Å². The fraction of sp³-hybridized carbons (Fsp3) is 0.529. The number of aromatic carboxylic acids is 1. The molecule has 0 aliphatic heterocycles. The third-order valence-corrected chi connectivity index (χ3v) is 4.60. The van der Waals surface area contributed by atoms with E-state index in [1.165, 1.54) is 13.2 Å². The largest absolute Gasteiger partial charge is 0.496 e. The van der Waals surface area contributed by atoms with Crippen LogP contribution in [0.2, 0.25) is 0 Å². The molecule has 0 bridgehead atoms. The van der Waals surface area contributed by atoms with Crippen molar-refractivity contribution in [3.63, 3.8) is 0 Å². The number of hydrogen-bond acceptors (Lipinski definition) is 5. The van der Waals surface area contributed by atoms with Crippen LogP contribution in [0.1, 0.15) is 43.0 Å². The number of carbonyl (C=O) groups is 1. The van der Waals surface area contributed by atoms with Gasteiger partial charge in [-0.05, 0) is 36.3 Å². The highest BCUT2D eigenvalue weighted by Crippen LogP contribution is 2.38. The van der Waals surface area contributed by atoms with Crippen LogP contribution in [0.4, 0.5) is 4.39 Å². The van der Waals surface area contributed by atoms with Crippen LogP contribution in [0.15, 0.2) is 27.7 Å². The van der Waals surface area contributed by atoms with Crippen molar-refractivity contribution in [2.75, 3.05) is 13.7 Å². The number of carboxylic acids is 1. The molecule has 1 saturated carbocycles. The van der Waals surface area contributed by atoms with E-state index in [9.17, 15) is 14.3 Å². The van der Waals surface area contributed by atoms with Gasteiger partial charge in [-0.25, -0.2) is 9.18 Å². The second-order valence-electron chi connectivity index (χ2n) is 6.58. The van der Waals surface area contributed by atoms with Crippen LogP contribution in [-0.2, 0) is 0 Å². The van der Waals surface area contributed by atoms with Gasteiger partial charge < -0.3 is 14.6 Å². The summed E-state index contributed by atoms with van der Waals surface area (Å²) in [6.45, 7) is 5.97. The van der Waals surface area contributed by atoms with Gasteiger partial charge in [0.15, 0.2) is 11.6 Å². The first-order chi connectivity index (χ1) is 12.4. The maximum atomic E-state index is 14.2. The summed E-state index contributed by atoms with van der Waals surface area (Å²) in [6, 6.07) is 2.21. The second-order valence-corrected chi connectivity index (χ2v) is 6.58. The minimum Gasteiger partial charge on any atom is -0.496 e. The molecule has 1 fully saturated rings. The fourth-order valence-electron chi connectivity index (χ4n) is 3.01. The summed E-state index contributed by atoms with van der Waals surface area (Å²) in [5.41, 5.74) is 2.74. The highest BCUT2D eigenvalue weighted by atomic mass is 19.1. The first-order valence-corrected chi connectivity index (χ1v) is 8.24. The summed E-state index contributed by atoms with van der Waals surface area (Å²) >= 11 is 0. The molecule has 1 aliphatic carbocycles. The third-order valence-electron chi connectivity index (χ3n) is 4.60. The Kier molecular flexibility index (Phi) is 6.48. The van der Waals surface area contributed by atoms with Crippen molar-refractivity contribution in [2.45, 2.75) is 38.7 Å². The molecule has 0 heterocycles. The van der Waals surface area contributed by atoms with Gasteiger partial charge in [0.2, 0.25) is 0 Å². The Labute approximate surface area is 151 Å². The van der Waals surface area contributed by atoms with E-state index in [0.29, 0.717) is 6.54 Å². The minimum atomic E-state index is -1.20. The molecule has 9 heteroatoms. The number of hydrogen-bond donors (Lipinski definition) is 2. The van der Waals surface area contributed by atoms with Crippen LogP contribution < -0.4 is 14.9 Å². The molecule has 1 aromatic carbocycles. The van der Waals surface area contributed by atoms with E-state index in [2.05, 4.69) is 34.6 Å². The number of nitrogens with zero attached hydrogens (tertiary/aromatic N) is 3. The van der Waals surface area contributed by atoms with Gasteiger partial charge in [0.25, 0.3) is 0 Å². The number of ether oxygens (including phenoxy) is 2. The van der Waals surface area contributed by atoms with E-state index in [-0.39, 0.29) is 28.6 Å². The highest BCUT2D eigenvalue weighted by molar-refractivity contribution is 5.91. The molecule has 0 amide bonds. The molecular formula is C17H23FN4O4. The van der Waals surface area contributed by atoms with Gasteiger partial charge in [-0.3, -0.25) is 5.43 Å². The van der Waals surface area contributed by atoms with Crippen molar-refractivity contribution in [2.24, 2.45) is 21.0 Å².